The van der Waals surface area contributed by atoms with Crippen molar-refractivity contribution < 1.29 is 19.2 Å². The second kappa shape index (κ2) is 8.83. The number of likely N-dealkylation sites (tertiary alicyclic amines) is 1. The fraction of sp³-hybridized carbons (Fsp3) is 0.550. The summed E-state index contributed by atoms with van der Waals surface area (Å²) in [5, 5.41) is 4.12. The van der Waals surface area contributed by atoms with Crippen LogP contribution in [-0.2, 0) is 25.6 Å². The lowest BCUT2D eigenvalue weighted by Gasteiger charge is -2.36. The number of carbonyl (C=O) groups excluding carboxylic acids is 2. The molecule has 0 spiro atoms. The fourth-order valence-corrected chi connectivity index (χ4v) is 3.60. The Labute approximate surface area is 154 Å². The molecular weight excluding hydrogens is 332 g/mol. The first kappa shape index (κ1) is 18.4. The number of ether oxygens (including phenoxy) is 1. The van der Waals surface area contributed by atoms with Crippen molar-refractivity contribution in [3.63, 3.8) is 0 Å². The quantitative estimate of drug-likeness (QED) is 0.733. The van der Waals surface area contributed by atoms with Crippen LogP contribution >= 0.6 is 0 Å². The van der Waals surface area contributed by atoms with Crippen molar-refractivity contribution in [1.82, 2.24) is 4.90 Å². The summed E-state index contributed by atoms with van der Waals surface area (Å²) in [5.41, 5.74) is 2.04. The van der Waals surface area contributed by atoms with Gasteiger partial charge in [0.25, 0.3) is 5.91 Å². The number of benzene rings is 1. The summed E-state index contributed by atoms with van der Waals surface area (Å²) in [6, 6.07) is 9.93. The van der Waals surface area contributed by atoms with E-state index in [1.807, 2.05) is 30.3 Å². The van der Waals surface area contributed by atoms with Crippen LogP contribution in [0.25, 0.3) is 0 Å². The zero-order chi connectivity index (χ0) is 18.4. The van der Waals surface area contributed by atoms with E-state index >= 15 is 0 Å². The van der Waals surface area contributed by atoms with Crippen molar-refractivity contribution in [1.29, 1.82) is 0 Å². The molecule has 1 aromatic rings. The normalized spacial score (nSPS) is 22.5. The Hall–Kier alpha value is -2.37. The third-order valence-electron chi connectivity index (χ3n) is 4.87. The highest BCUT2D eigenvalue weighted by Gasteiger charge is 2.36. The zero-order valence-electron chi connectivity index (χ0n) is 15.2. The van der Waals surface area contributed by atoms with Gasteiger partial charge in [-0.25, -0.2) is 0 Å². The average molecular weight is 358 g/mol. The number of piperidine rings is 1. The Balaban J connectivity index is 1.57. The smallest absolute Gasteiger partial charge is 0.307 e. The third-order valence-corrected chi connectivity index (χ3v) is 4.87. The van der Waals surface area contributed by atoms with Crippen LogP contribution in [0.2, 0.25) is 0 Å². The molecule has 1 aromatic carbocycles. The third kappa shape index (κ3) is 4.62. The molecule has 0 bridgehead atoms. The number of hydrogen-bond donors (Lipinski definition) is 0. The van der Waals surface area contributed by atoms with Crippen LogP contribution in [0.5, 0.6) is 0 Å². The molecule has 1 fully saturated rings. The number of rotatable bonds is 6. The topological polar surface area (TPSA) is 68.2 Å². The summed E-state index contributed by atoms with van der Waals surface area (Å²) >= 11 is 0. The molecule has 2 atom stereocenters. The lowest BCUT2D eigenvalue weighted by molar-refractivity contribution is -0.150. The van der Waals surface area contributed by atoms with Gasteiger partial charge < -0.3 is 14.5 Å². The van der Waals surface area contributed by atoms with Gasteiger partial charge in [-0.05, 0) is 31.7 Å². The highest BCUT2D eigenvalue weighted by atomic mass is 16.6. The van der Waals surface area contributed by atoms with Crippen molar-refractivity contribution in [3.05, 3.63) is 35.9 Å². The highest BCUT2D eigenvalue weighted by Crippen LogP contribution is 2.24. The largest absolute Gasteiger partial charge is 0.466 e. The summed E-state index contributed by atoms with van der Waals surface area (Å²) in [7, 11) is 0. The van der Waals surface area contributed by atoms with E-state index < -0.39 is 6.10 Å². The molecule has 2 heterocycles. The van der Waals surface area contributed by atoms with Gasteiger partial charge in [0, 0.05) is 25.4 Å². The van der Waals surface area contributed by atoms with E-state index in [1.54, 1.807) is 11.8 Å². The first-order valence-electron chi connectivity index (χ1n) is 9.39. The van der Waals surface area contributed by atoms with E-state index in [2.05, 4.69) is 5.16 Å². The Morgan fingerprint density at radius 2 is 2.08 bits per heavy atom. The SMILES string of the molecule is CCOC(=O)C[C@@H]1CCCCN1C(=O)[C@H]1CC(Cc2ccccc2)=NO1. The number of nitrogens with zero attached hydrogens (tertiary/aromatic N) is 2. The van der Waals surface area contributed by atoms with E-state index in [4.69, 9.17) is 9.57 Å². The van der Waals surface area contributed by atoms with Crippen LogP contribution in [0.3, 0.4) is 0 Å². The predicted octanol–water partition coefficient (Wildman–Crippen LogP) is 2.71. The molecule has 3 rings (SSSR count). The Kier molecular flexibility index (Phi) is 6.26. The Morgan fingerprint density at radius 1 is 1.27 bits per heavy atom. The van der Waals surface area contributed by atoms with Gasteiger partial charge in [-0.3, -0.25) is 9.59 Å². The van der Waals surface area contributed by atoms with Crippen molar-refractivity contribution in [2.24, 2.45) is 5.16 Å². The van der Waals surface area contributed by atoms with E-state index in [0.29, 0.717) is 26.0 Å². The molecule has 2 aliphatic heterocycles. The van der Waals surface area contributed by atoms with E-state index in [-0.39, 0.29) is 24.3 Å². The summed E-state index contributed by atoms with van der Waals surface area (Å²) in [6.45, 7) is 2.82. The van der Waals surface area contributed by atoms with Gasteiger partial charge >= 0.3 is 5.97 Å². The van der Waals surface area contributed by atoms with Crippen molar-refractivity contribution >= 4 is 17.6 Å². The number of hydrogen-bond acceptors (Lipinski definition) is 5. The Bertz CT molecular complexity index is 659. The van der Waals surface area contributed by atoms with Gasteiger partial charge in [0.2, 0.25) is 6.10 Å². The molecule has 140 valence electrons. The van der Waals surface area contributed by atoms with Crippen LogP contribution in [0, 0.1) is 0 Å². The van der Waals surface area contributed by atoms with Crippen molar-refractivity contribution in [3.8, 4) is 0 Å². The minimum absolute atomic E-state index is 0.0641. The van der Waals surface area contributed by atoms with Crippen LogP contribution in [0.15, 0.2) is 35.5 Å². The summed E-state index contributed by atoms with van der Waals surface area (Å²) in [5.74, 6) is -0.309. The van der Waals surface area contributed by atoms with Crippen LogP contribution in [0.4, 0.5) is 0 Å². The Morgan fingerprint density at radius 3 is 2.85 bits per heavy atom. The van der Waals surface area contributed by atoms with E-state index in [9.17, 15) is 9.59 Å². The molecule has 26 heavy (non-hydrogen) atoms. The minimum atomic E-state index is -0.573. The van der Waals surface area contributed by atoms with Crippen molar-refractivity contribution in [2.45, 2.75) is 57.6 Å². The maximum Gasteiger partial charge on any atom is 0.307 e. The summed E-state index contributed by atoms with van der Waals surface area (Å²) in [6.07, 6.45) is 3.69. The predicted molar refractivity (Wildman–Crippen MR) is 97.7 cm³/mol. The number of esters is 1. The maximum absolute atomic E-state index is 12.9. The molecule has 0 aliphatic carbocycles. The average Bonchev–Trinajstić information content (AvgIpc) is 3.11. The first-order chi connectivity index (χ1) is 12.7. The van der Waals surface area contributed by atoms with Crippen LogP contribution in [0.1, 0.15) is 44.6 Å². The molecule has 0 radical (unpaired) electrons. The lowest BCUT2D eigenvalue weighted by Crippen LogP contribution is -2.49. The van der Waals surface area contributed by atoms with E-state index in [1.165, 1.54) is 0 Å². The monoisotopic (exact) mass is 358 g/mol. The first-order valence-corrected chi connectivity index (χ1v) is 9.39. The second-order valence-electron chi connectivity index (χ2n) is 6.81. The molecule has 6 heteroatoms. The zero-order valence-corrected chi connectivity index (χ0v) is 15.2. The number of oxime groups is 1. The van der Waals surface area contributed by atoms with Gasteiger partial charge in [0.05, 0.1) is 18.7 Å². The number of amides is 1. The summed E-state index contributed by atoms with van der Waals surface area (Å²) < 4.78 is 5.05. The lowest BCUT2D eigenvalue weighted by atomic mass is 9.97. The van der Waals surface area contributed by atoms with Gasteiger partial charge in [-0.1, -0.05) is 35.5 Å². The van der Waals surface area contributed by atoms with Gasteiger partial charge in [0.1, 0.15) is 0 Å². The van der Waals surface area contributed by atoms with Gasteiger partial charge in [0.15, 0.2) is 0 Å². The van der Waals surface area contributed by atoms with Crippen molar-refractivity contribution in [2.75, 3.05) is 13.2 Å². The van der Waals surface area contributed by atoms with E-state index in [0.717, 1.165) is 30.5 Å². The molecule has 0 N–H and O–H groups in total. The second-order valence-corrected chi connectivity index (χ2v) is 6.81. The maximum atomic E-state index is 12.9. The standard InChI is InChI=1S/C20H26N2O4/c1-2-25-19(23)14-17-10-6-7-11-22(17)20(24)18-13-16(21-26-18)12-15-8-4-3-5-9-15/h3-5,8-9,17-18H,2,6-7,10-14H2,1H3/t17-,18+/m0/s1. The molecule has 1 saturated heterocycles. The van der Waals surface area contributed by atoms with Gasteiger partial charge in [-0.2, -0.15) is 0 Å². The molecule has 2 aliphatic rings. The fourth-order valence-electron chi connectivity index (χ4n) is 3.60. The highest BCUT2D eigenvalue weighted by molar-refractivity contribution is 5.94. The minimum Gasteiger partial charge on any atom is -0.466 e. The molecular formula is C20H26N2O4. The molecule has 1 amide bonds. The van der Waals surface area contributed by atoms with Crippen LogP contribution < -0.4 is 0 Å². The molecule has 0 unspecified atom stereocenters. The molecule has 6 nitrogen and oxygen atoms in total. The van der Waals surface area contributed by atoms with Gasteiger partial charge in [-0.15, -0.1) is 0 Å². The summed E-state index contributed by atoms with van der Waals surface area (Å²) in [4.78, 5) is 32.0. The molecule has 0 saturated carbocycles. The number of carbonyl (C=O) groups is 2. The van der Waals surface area contributed by atoms with Crippen LogP contribution in [-0.4, -0.2) is 47.8 Å². The molecule has 0 aromatic heterocycles.